The normalized spacial score (nSPS) is 22.2. The lowest BCUT2D eigenvalue weighted by molar-refractivity contribution is 0.357. The van der Waals surface area contributed by atoms with Crippen LogP contribution in [0.1, 0.15) is 19.8 Å². The second kappa shape index (κ2) is 2.73. The molecule has 1 rings (SSSR count). The Balaban J connectivity index is 2.59. The van der Waals surface area contributed by atoms with Gasteiger partial charge in [0, 0.05) is 13.1 Å². The van der Waals surface area contributed by atoms with Crippen LogP contribution >= 0.6 is 0 Å². The van der Waals surface area contributed by atoms with E-state index in [-0.39, 0.29) is 6.04 Å². The predicted octanol–water partition coefficient (Wildman–Crippen LogP) is -0.0798. The SMILES string of the molecule is C[C@@H](C1CC1)N(C)S(N)(=O)=O. The van der Waals surface area contributed by atoms with E-state index in [1.54, 1.807) is 0 Å². The molecule has 0 aromatic carbocycles. The van der Waals surface area contributed by atoms with Gasteiger partial charge in [-0.2, -0.15) is 12.7 Å². The molecule has 0 aromatic heterocycles. The standard InChI is InChI=1S/C6H14N2O2S/c1-5(6-3-4-6)8(2)11(7,9)10/h5-6H,3-4H2,1-2H3,(H2,7,9,10)/t5-/m0/s1. The molecular weight excluding hydrogens is 164 g/mol. The van der Waals surface area contributed by atoms with Gasteiger partial charge in [0.2, 0.25) is 0 Å². The van der Waals surface area contributed by atoms with Gasteiger partial charge in [-0.15, -0.1) is 0 Å². The van der Waals surface area contributed by atoms with Crippen molar-refractivity contribution in [2.75, 3.05) is 7.05 Å². The Morgan fingerprint density at radius 2 is 2.00 bits per heavy atom. The molecule has 0 unspecified atom stereocenters. The fraction of sp³-hybridized carbons (Fsp3) is 1.00. The van der Waals surface area contributed by atoms with Crippen molar-refractivity contribution in [1.82, 2.24) is 4.31 Å². The second-order valence-electron chi connectivity index (χ2n) is 3.14. The van der Waals surface area contributed by atoms with Gasteiger partial charge in [-0.25, -0.2) is 5.14 Å². The Labute approximate surface area is 67.6 Å². The van der Waals surface area contributed by atoms with Gasteiger partial charge in [0.25, 0.3) is 10.2 Å². The molecule has 0 heterocycles. The van der Waals surface area contributed by atoms with Crippen molar-refractivity contribution in [2.24, 2.45) is 11.1 Å². The Morgan fingerprint density at radius 1 is 1.55 bits per heavy atom. The van der Waals surface area contributed by atoms with Gasteiger partial charge in [0.05, 0.1) is 0 Å². The van der Waals surface area contributed by atoms with Crippen molar-refractivity contribution in [3.63, 3.8) is 0 Å². The van der Waals surface area contributed by atoms with E-state index in [9.17, 15) is 8.42 Å². The summed E-state index contributed by atoms with van der Waals surface area (Å²) < 4.78 is 22.9. The van der Waals surface area contributed by atoms with Crippen molar-refractivity contribution in [3.05, 3.63) is 0 Å². The number of nitrogens with zero attached hydrogens (tertiary/aromatic N) is 1. The zero-order valence-corrected chi connectivity index (χ0v) is 7.63. The van der Waals surface area contributed by atoms with E-state index in [4.69, 9.17) is 5.14 Å². The van der Waals surface area contributed by atoms with Crippen molar-refractivity contribution >= 4 is 10.2 Å². The van der Waals surface area contributed by atoms with Crippen LogP contribution in [0.2, 0.25) is 0 Å². The van der Waals surface area contributed by atoms with Crippen LogP contribution in [0.15, 0.2) is 0 Å². The Hall–Kier alpha value is -0.130. The number of hydrogen-bond acceptors (Lipinski definition) is 2. The summed E-state index contributed by atoms with van der Waals surface area (Å²) in [5.74, 6) is 0.526. The van der Waals surface area contributed by atoms with Gasteiger partial charge >= 0.3 is 0 Å². The smallest absolute Gasteiger partial charge is 0.216 e. The van der Waals surface area contributed by atoms with Gasteiger partial charge < -0.3 is 0 Å². The minimum absolute atomic E-state index is 0.0602. The molecule has 11 heavy (non-hydrogen) atoms. The molecule has 0 amide bonds. The number of hydrogen-bond donors (Lipinski definition) is 1. The Morgan fingerprint density at radius 3 is 2.27 bits per heavy atom. The minimum Gasteiger partial charge on any atom is -0.216 e. The Kier molecular flexibility index (Phi) is 2.22. The van der Waals surface area contributed by atoms with Gasteiger partial charge in [0.15, 0.2) is 0 Å². The van der Waals surface area contributed by atoms with Crippen molar-refractivity contribution in [3.8, 4) is 0 Å². The highest BCUT2D eigenvalue weighted by molar-refractivity contribution is 7.86. The van der Waals surface area contributed by atoms with E-state index in [1.165, 1.54) is 11.4 Å². The zero-order chi connectivity index (χ0) is 8.65. The maximum absolute atomic E-state index is 10.8. The maximum atomic E-state index is 10.8. The van der Waals surface area contributed by atoms with E-state index in [1.807, 2.05) is 6.92 Å². The van der Waals surface area contributed by atoms with Gasteiger partial charge in [-0.3, -0.25) is 0 Å². The average molecular weight is 178 g/mol. The molecular formula is C6H14N2O2S. The summed E-state index contributed by atoms with van der Waals surface area (Å²) in [5, 5.41) is 4.94. The Bertz CT molecular complexity index is 233. The topological polar surface area (TPSA) is 63.4 Å². The molecule has 2 N–H and O–H groups in total. The highest BCUT2D eigenvalue weighted by Crippen LogP contribution is 2.34. The first-order valence-electron chi connectivity index (χ1n) is 3.68. The van der Waals surface area contributed by atoms with E-state index in [2.05, 4.69) is 0 Å². The molecule has 66 valence electrons. The molecule has 5 heteroatoms. The second-order valence-corrected chi connectivity index (χ2v) is 4.75. The van der Waals surface area contributed by atoms with Crippen molar-refractivity contribution in [1.29, 1.82) is 0 Å². The van der Waals surface area contributed by atoms with E-state index in [0.29, 0.717) is 5.92 Å². The monoisotopic (exact) mass is 178 g/mol. The van der Waals surface area contributed by atoms with Crippen LogP contribution in [0.3, 0.4) is 0 Å². The third-order valence-corrected chi connectivity index (χ3v) is 3.41. The van der Waals surface area contributed by atoms with Crippen LogP contribution in [-0.4, -0.2) is 25.8 Å². The van der Waals surface area contributed by atoms with E-state index >= 15 is 0 Å². The number of nitrogens with two attached hydrogens (primary N) is 1. The summed E-state index contributed by atoms with van der Waals surface area (Å²) in [6, 6.07) is 0.0602. The fourth-order valence-electron chi connectivity index (χ4n) is 1.11. The summed E-state index contributed by atoms with van der Waals surface area (Å²) in [4.78, 5) is 0. The van der Waals surface area contributed by atoms with E-state index < -0.39 is 10.2 Å². The molecule has 1 saturated carbocycles. The molecule has 0 radical (unpaired) electrons. The molecule has 0 bridgehead atoms. The van der Waals surface area contributed by atoms with Crippen molar-refractivity contribution in [2.45, 2.75) is 25.8 Å². The highest BCUT2D eigenvalue weighted by atomic mass is 32.2. The molecule has 1 fully saturated rings. The van der Waals surface area contributed by atoms with Crippen LogP contribution in [0.4, 0.5) is 0 Å². The first-order valence-corrected chi connectivity index (χ1v) is 5.19. The van der Waals surface area contributed by atoms with Gasteiger partial charge in [0.1, 0.15) is 0 Å². The highest BCUT2D eigenvalue weighted by Gasteiger charge is 2.33. The summed E-state index contributed by atoms with van der Waals surface area (Å²) in [5.41, 5.74) is 0. The quantitative estimate of drug-likeness (QED) is 0.657. The third kappa shape index (κ3) is 2.15. The molecule has 0 saturated heterocycles. The summed E-state index contributed by atoms with van der Waals surface area (Å²) in [6.45, 7) is 1.89. The molecule has 0 aliphatic heterocycles. The molecule has 1 aliphatic carbocycles. The lowest BCUT2D eigenvalue weighted by atomic mass is 10.2. The first kappa shape index (κ1) is 8.96. The van der Waals surface area contributed by atoms with Crippen LogP contribution < -0.4 is 5.14 Å². The van der Waals surface area contributed by atoms with Crippen LogP contribution in [0.25, 0.3) is 0 Å². The average Bonchev–Trinajstić information content (AvgIpc) is 2.63. The largest absolute Gasteiger partial charge is 0.276 e. The van der Waals surface area contributed by atoms with Gasteiger partial charge in [-0.05, 0) is 25.7 Å². The molecule has 0 spiro atoms. The third-order valence-electron chi connectivity index (χ3n) is 2.28. The van der Waals surface area contributed by atoms with Gasteiger partial charge in [-0.1, -0.05) is 0 Å². The summed E-state index contributed by atoms with van der Waals surface area (Å²) >= 11 is 0. The number of rotatable bonds is 3. The molecule has 1 aliphatic rings. The van der Waals surface area contributed by atoms with Crippen LogP contribution in [-0.2, 0) is 10.2 Å². The minimum atomic E-state index is -3.47. The fourth-order valence-corrected chi connectivity index (χ4v) is 1.74. The zero-order valence-electron chi connectivity index (χ0n) is 6.82. The summed E-state index contributed by atoms with van der Waals surface area (Å²) in [7, 11) is -1.95. The van der Waals surface area contributed by atoms with Crippen LogP contribution in [0, 0.1) is 5.92 Å². The maximum Gasteiger partial charge on any atom is 0.276 e. The van der Waals surface area contributed by atoms with E-state index in [0.717, 1.165) is 12.8 Å². The lowest BCUT2D eigenvalue weighted by Crippen LogP contribution is -2.40. The van der Waals surface area contributed by atoms with Crippen LogP contribution in [0.5, 0.6) is 0 Å². The first-order chi connectivity index (χ1) is 4.93. The lowest BCUT2D eigenvalue weighted by Gasteiger charge is -2.21. The molecule has 0 aromatic rings. The summed E-state index contributed by atoms with van der Waals surface area (Å²) in [6.07, 6.45) is 2.25. The van der Waals surface area contributed by atoms with Crippen molar-refractivity contribution < 1.29 is 8.42 Å². The molecule has 1 atom stereocenters. The molecule has 4 nitrogen and oxygen atoms in total. The predicted molar refractivity (Wildman–Crippen MR) is 43.1 cm³/mol.